The summed E-state index contributed by atoms with van der Waals surface area (Å²) < 4.78 is 22.6. The normalized spacial score (nSPS) is 17.2. The van der Waals surface area contributed by atoms with Gasteiger partial charge in [0.05, 0.1) is 24.1 Å². The average Bonchev–Trinajstić information content (AvgIpc) is 3.70. The van der Waals surface area contributed by atoms with Crippen LogP contribution >= 0.6 is 0 Å². The summed E-state index contributed by atoms with van der Waals surface area (Å²) in [6.45, 7) is 1.98. The van der Waals surface area contributed by atoms with Gasteiger partial charge in [-0.2, -0.15) is 0 Å². The highest BCUT2D eigenvalue weighted by Crippen LogP contribution is 2.28. The first kappa shape index (κ1) is 30.3. The van der Waals surface area contributed by atoms with E-state index in [1.165, 1.54) is 33.9 Å². The zero-order valence-electron chi connectivity index (χ0n) is 25.2. The van der Waals surface area contributed by atoms with Crippen LogP contribution in [0.1, 0.15) is 31.2 Å². The molecule has 0 bridgehead atoms. The molecular weight excluding hydrogens is 579 g/mol. The fourth-order valence-corrected chi connectivity index (χ4v) is 6.33. The first-order chi connectivity index (χ1) is 21.8. The zero-order chi connectivity index (χ0) is 31.5. The molecule has 2 aromatic carbocycles. The maximum absolute atomic E-state index is 13.6. The predicted molar refractivity (Wildman–Crippen MR) is 167 cm³/mol. The van der Waals surface area contributed by atoms with Crippen LogP contribution < -0.4 is 21.1 Å². The molecule has 2 aliphatic heterocycles. The molecule has 2 aromatic heterocycles. The molecule has 13 heteroatoms. The number of likely N-dealkylation sites (tertiary alicyclic amines) is 1. The second-order valence-electron chi connectivity index (χ2n) is 11.5. The van der Waals surface area contributed by atoms with E-state index in [4.69, 9.17) is 15.5 Å². The molecule has 236 valence electrons. The second-order valence-corrected chi connectivity index (χ2v) is 11.5. The number of nitrogens with two attached hydrogens (primary N) is 1. The Bertz CT molecular complexity index is 1730. The molecular formula is C32H37FN8O4. The van der Waals surface area contributed by atoms with E-state index in [0.29, 0.717) is 31.9 Å². The summed E-state index contributed by atoms with van der Waals surface area (Å²) in [6.07, 6.45) is 4.19. The number of fused-ring (bicyclic) bond motifs is 1. The lowest BCUT2D eigenvalue weighted by Gasteiger charge is -2.38. The highest BCUT2D eigenvalue weighted by Gasteiger charge is 2.35. The van der Waals surface area contributed by atoms with Crippen molar-refractivity contribution in [2.45, 2.75) is 51.0 Å². The first-order valence-electron chi connectivity index (χ1n) is 15.2. The van der Waals surface area contributed by atoms with Crippen LogP contribution in [0, 0.1) is 5.82 Å². The number of benzene rings is 2. The van der Waals surface area contributed by atoms with Crippen LogP contribution in [0.25, 0.3) is 11.0 Å². The number of carbonyl (C=O) groups excluding carboxylic acids is 2. The minimum Gasteiger partial charge on any atom is -0.442 e. The Morgan fingerprint density at radius 1 is 1.02 bits per heavy atom. The van der Waals surface area contributed by atoms with E-state index in [0.717, 1.165) is 48.5 Å². The maximum atomic E-state index is 13.6. The van der Waals surface area contributed by atoms with Gasteiger partial charge in [0.2, 0.25) is 17.8 Å². The van der Waals surface area contributed by atoms with Crippen molar-refractivity contribution < 1.29 is 18.7 Å². The van der Waals surface area contributed by atoms with Crippen molar-refractivity contribution in [1.82, 2.24) is 24.0 Å². The Morgan fingerprint density at radius 3 is 2.53 bits per heavy atom. The molecule has 6 rings (SSSR count). The monoisotopic (exact) mass is 616 g/mol. The number of ether oxygens (including phenoxy) is 1. The van der Waals surface area contributed by atoms with Crippen molar-refractivity contribution in [3.8, 4) is 0 Å². The quantitative estimate of drug-likeness (QED) is 0.282. The summed E-state index contributed by atoms with van der Waals surface area (Å²) in [7, 11) is 1.89. The summed E-state index contributed by atoms with van der Waals surface area (Å²) in [5, 5.41) is 0. The maximum Gasteiger partial charge on any atom is 0.330 e. The Balaban J connectivity index is 1.15. The highest BCUT2D eigenvalue weighted by atomic mass is 19.1. The summed E-state index contributed by atoms with van der Waals surface area (Å²) in [6, 6.07) is 15.2. The first-order valence-corrected chi connectivity index (χ1v) is 15.2. The van der Waals surface area contributed by atoms with Crippen LogP contribution in [0.2, 0.25) is 0 Å². The lowest BCUT2D eigenvalue weighted by molar-refractivity contribution is -0.156. The molecule has 4 heterocycles. The van der Waals surface area contributed by atoms with Crippen LogP contribution in [-0.2, 0) is 27.6 Å². The summed E-state index contributed by atoms with van der Waals surface area (Å²) in [5.41, 5.74) is 8.05. The SMILES string of the molecule is CN(c1nccc(=O)n1COC(=O)C1CCCN1C(=O)CN)C1CCN(c2nc3ccccc3n2Cc2ccc(F)cc2)CC1. The van der Waals surface area contributed by atoms with Crippen LogP contribution in [0.5, 0.6) is 0 Å². The number of anilines is 2. The molecule has 0 saturated carbocycles. The average molecular weight is 617 g/mol. The van der Waals surface area contributed by atoms with Crippen molar-refractivity contribution in [3.05, 3.63) is 82.5 Å². The smallest absolute Gasteiger partial charge is 0.330 e. The van der Waals surface area contributed by atoms with E-state index in [-0.39, 0.29) is 36.6 Å². The second kappa shape index (κ2) is 13.1. The Labute approximate surface area is 259 Å². The van der Waals surface area contributed by atoms with Crippen LogP contribution in [0.3, 0.4) is 0 Å². The zero-order valence-corrected chi connectivity index (χ0v) is 25.2. The number of hydrogen-bond acceptors (Lipinski definition) is 9. The van der Waals surface area contributed by atoms with Gasteiger partial charge in [0.1, 0.15) is 11.9 Å². The van der Waals surface area contributed by atoms with E-state index in [2.05, 4.69) is 14.5 Å². The standard InChI is InChI=1S/C32H37FN8O4/c1-37(31-35-15-12-28(42)41(31)21-45-30(44)27-7-4-16-39(27)29(43)19-34)24-13-17-38(18-14-24)32-36-25-5-2-3-6-26(25)40(32)20-22-8-10-23(33)11-9-22/h2-3,5-6,8-12,15,24,27H,4,7,13-14,16-21,34H2,1H3. The van der Waals surface area contributed by atoms with Gasteiger partial charge in [0.15, 0.2) is 6.73 Å². The molecule has 45 heavy (non-hydrogen) atoms. The molecule has 1 unspecified atom stereocenters. The van der Waals surface area contributed by atoms with Crippen LogP contribution in [0.15, 0.2) is 65.6 Å². The van der Waals surface area contributed by atoms with Gasteiger partial charge >= 0.3 is 5.97 Å². The molecule has 0 radical (unpaired) electrons. The number of imidazole rings is 1. The van der Waals surface area contributed by atoms with Crippen molar-refractivity contribution in [3.63, 3.8) is 0 Å². The van der Waals surface area contributed by atoms with Crippen molar-refractivity contribution in [2.24, 2.45) is 5.73 Å². The largest absolute Gasteiger partial charge is 0.442 e. The van der Waals surface area contributed by atoms with E-state index in [1.54, 1.807) is 12.1 Å². The molecule has 4 aromatic rings. The molecule has 12 nitrogen and oxygen atoms in total. The topological polar surface area (TPSA) is 132 Å². The van der Waals surface area contributed by atoms with Gasteiger partial charge in [-0.15, -0.1) is 0 Å². The van der Waals surface area contributed by atoms with E-state index >= 15 is 0 Å². The molecule has 0 aliphatic carbocycles. The third kappa shape index (κ3) is 6.25. The fourth-order valence-electron chi connectivity index (χ4n) is 6.33. The van der Waals surface area contributed by atoms with Crippen molar-refractivity contribution >= 4 is 34.8 Å². The van der Waals surface area contributed by atoms with Crippen LogP contribution in [-0.4, -0.2) is 81.2 Å². The molecule has 2 N–H and O–H groups in total. The summed E-state index contributed by atoms with van der Waals surface area (Å²) in [4.78, 5) is 53.1. The Hall–Kier alpha value is -4.78. The Kier molecular flexibility index (Phi) is 8.78. The van der Waals surface area contributed by atoms with Gasteiger partial charge < -0.3 is 29.7 Å². The van der Waals surface area contributed by atoms with Crippen molar-refractivity contribution in [1.29, 1.82) is 0 Å². The number of rotatable bonds is 9. The number of amides is 1. The minimum absolute atomic E-state index is 0.0694. The van der Waals surface area contributed by atoms with Gasteiger partial charge in [-0.05, 0) is 55.5 Å². The van der Waals surface area contributed by atoms with E-state index < -0.39 is 12.0 Å². The van der Waals surface area contributed by atoms with E-state index in [9.17, 15) is 18.8 Å². The number of halogens is 1. The molecule has 2 aliphatic rings. The van der Waals surface area contributed by atoms with Gasteiger partial charge in [-0.25, -0.2) is 23.7 Å². The number of para-hydroxylation sites is 2. The third-order valence-electron chi connectivity index (χ3n) is 8.77. The molecule has 1 atom stereocenters. The van der Waals surface area contributed by atoms with Gasteiger partial charge in [0.25, 0.3) is 5.56 Å². The predicted octanol–water partition coefficient (Wildman–Crippen LogP) is 2.34. The molecule has 2 saturated heterocycles. The van der Waals surface area contributed by atoms with Gasteiger partial charge in [-0.1, -0.05) is 24.3 Å². The number of nitrogens with zero attached hydrogens (tertiary/aromatic N) is 7. The third-order valence-corrected chi connectivity index (χ3v) is 8.77. The number of piperidine rings is 1. The summed E-state index contributed by atoms with van der Waals surface area (Å²) in [5.74, 6) is 0.133. The number of hydrogen-bond donors (Lipinski definition) is 1. The fraction of sp³-hybridized carbons (Fsp3) is 0.406. The highest BCUT2D eigenvalue weighted by molar-refractivity contribution is 5.86. The van der Waals surface area contributed by atoms with Gasteiger partial charge in [0, 0.05) is 45.0 Å². The number of aromatic nitrogens is 4. The lowest BCUT2D eigenvalue weighted by Crippen LogP contribution is -2.46. The van der Waals surface area contributed by atoms with E-state index in [1.807, 2.05) is 36.2 Å². The molecule has 0 spiro atoms. The number of carbonyl (C=O) groups is 2. The molecule has 2 fully saturated rings. The number of esters is 1. The Morgan fingerprint density at radius 2 is 1.78 bits per heavy atom. The van der Waals surface area contributed by atoms with Gasteiger partial charge in [-0.3, -0.25) is 9.59 Å². The lowest BCUT2D eigenvalue weighted by atomic mass is 10.0. The van der Waals surface area contributed by atoms with Crippen LogP contribution in [0.4, 0.5) is 16.3 Å². The molecule has 1 amide bonds. The minimum atomic E-state index is -0.703. The summed E-state index contributed by atoms with van der Waals surface area (Å²) >= 11 is 0. The van der Waals surface area contributed by atoms with Crippen molar-refractivity contribution in [2.75, 3.05) is 43.0 Å².